The van der Waals surface area contributed by atoms with Crippen LogP contribution < -0.4 is 9.47 Å². The van der Waals surface area contributed by atoms with Gasteiger partial charge in [0.25, 0.3) is 0 Å². The van der Waals surface area contributed by atoms with Crippen LogP contribution in [0.15, 0.2) is 36.4 Å². The highest BCUT2D eigenvalue weighted by molar-refractivity contribution is 6.22. The number of benzene rings is 2. The van der Waals surface area contributed by atoms with Crippen molar-refractivity contribution in [1.82, 2.24) is 9.80 Å². The van der Waals surface area contributed by atoms with Crippen LogP contribution in [-0.4, -0.2) is 68.1 Å². The molecule has 2 heterocycles. The normalized spacial score (nSPS) is 18.2. The minimum Gasteiger partial charge on any atom is -0.494 e. The van der Waals surface area contributed by atoms with E-state index >= 15 is 0 Å². The number of ether oxygens (including phenoxy) is 2. The molecule has 2 aromatic rings. The van der Waals surface area contributed by atoms with Crippen molar-refractivity contribution < 1.29 is 14.3 Å². The van der Waals surface area contributed by atoms with Crippen LogP contribution in [-0.2, 0) is 0 Å². The molecule has 0 atom stereocenters. The summed E-state index contributed by atoms with van der Waals surface area (Å²) in [4.78, 5) is 18.1. The standard InChI is InChI=1S/C27H34N2O3/c30-27-25-19-21(31-17-5-15-28-11-1-2-12-28)7-9-23(25)24-10-8-22(20-26(24)27)32-18-6-16-29-13-3-4-14-29/h7-10,19-20H,1-6,11-18H2. The van der Waals surface area contributed by atoms with Crippen LogP contribution in [0.2, 0.25) is 0 Å². The number of nitrogens with zero attached hydrogens (tertiary/aromatic N) is 2. The van der Waals surface area contributed by atoms with E-state index in [0.29, 0.717) is 13.2 Å². The van der Waals surface area contributed by atoms with Crippen molar-refractivity contribution in [2.24, 2.45) is 0 Å². The third-order valence-electron chi connectivity index (χ3n) is 6.93. The van der Waals surface area contributed by atoms with E-state index in [4.69, 9.17) is 9.47 Å². The number of hydrogen-bond acceptors (Lipinski definition) is 5. The highest BCUT2D eigenvalue weighted by Gasteiger charge is 2.27. The van der Waals surface area contributed by atoms with Crippen LogP contribution in [0.5, 0.6) is 11.5 Å². The predicted molar refractivity (Wildman–Crippen MR) is 127 cm³/mol. The average molecular weight is 435 g/mol. The van der Waals surface area contributed by atoms with Crippen molar-refractivity contribution in [2.75, 3.05) is 52.5 Å². The van der Waals surface area contributed by atoms with E-state index in [-0.39, 0.29) is 5.78 Å². The number of carbonyl (C=O) groups excluding carboxylic acids is 1. The molecule has 32 heavy (non-hydrogen) atoms. The van der Waals surface area contributed by atoms with E-state index in [1.54, 1.807) is 0 Å². The molecule has 0 radical (unpaired) electrons. The second-order valence-corrected chi connectivity index (χ2v) is 9.25. The van der Waals surface area contributed by atoms with Crippen molar-refractivity contribution in [3.8, 4) is 22.6 Å². The lowest BCUT2D eigenvalue weighted by Crippen LogP contribution is -2.21. The lowest BCUT2D eigenvalue weighted by Gasteiger charge is -2.14. The summed E-state index contributed by atoms with van der Waals surface area (Å²) in [5, 5.41) is 0. The Labute approximate surface area is 191 Å². The van der Waals surface area contributed by atoms with Crippen LogP contribution in [0.1, 0.15) is 54.4 Å². The second kappa shape index (κ2) is 10.1. The minimum atomic E-state index is 0.0695. The summed E-state index contributed by atoms with van der Waals surface area (Å²) >= 11 is 0. The molecule has 1 aliphatic carbocycles. The Morgan fingerprint density at radius 1 is 0.625 bits per heavy atom. The van der Waals surface area contributed by atoms with E-state index < -0.39 is 0 Å². The summed E-state index contributed by atoms with van der Waals surface area (Å²) in [5.74, 6) is 1.63. The van der Waals surface area contributed by atoms with E-state index in [9.17, 15) is 4.79 Å². The summed E-state index contributed by atoms with van der Waals surface area (Å²) in [6.45, 7) is 8.43. The summed E-state index contributed by atoms with van der Waals surface area (Å²) in [5.41, 5.74) is 3.47. The maximum atomic E-state index is 13.1. The van der Waals surface area contributed by atoms with E-state index in [1.165, 1.54) is 51.9 Å². The Hall–Kier alpha value is -2.37. The Morgan fingerprint density at radius 2 is 1.06 bits per heavy atom. The summed E-state index contributed by atoms with van der Waals surface area (Å²) in [6.07, 6.45) is 7.31. The zero-order valence-electron chi connectivity index (χ0n) is 19.0. The third-order valence-corrected chi connectivity index (χ3v) is 6.93. The van der Waals surface area contributed by atoms with Crippen molar-refractivity contribution in [3.05, 3.63) is 47.5 Å². The number of likely N-dealkylation sites (tertiary alicyclic amines) is 2. The molecule has 0 bridgehead atoms. The van der Waals surface area contributed by atoms with Crippen LogP contribution >= 0.6 is 0 Å². The average Bonchev–Trinajstić information content (AvgIpc) is 3.57. The maximum absolute atomic E-state index is 13.1. The fourth-order valence-electron chi connectivity index (χ4n) is 5.19. The van der Waals surface area contributed by atoms with Crippen LogP contribution in [0, 0.1) is 0 Å². The molecule has 2 fully saturated rings. The molecule has 0 N–H and O–H groups in total. The van der Waals surface area contributed by atoms with Crippen LogP contribution in [0.25, 0.3) is 11.1 Å². The zero-order chi connectivity index (χ0) is 21.8. The highest BCUT2D eigenvalue weighted by atomic mass is 16.5. The van der Waals surface area contributed by atoms with Gasteiger partial charge in [-0.3, -0.25) is 4.79 Å². The number of ketones is 1. The molecule has 0 spiro atoms. The monoisotopic (exact) mass is 434 g/mol. The first-order chi connectivity index (χ1) is 15.8. The Morgan fingerprint density at radius 3 is 1.50 bits per heavy atom. The summed E-state index contributed by atoms with van der Waals surface area (Å²) in [6, 6.07) is 11.8. The van der Waals surface area contributed by atoms with E-state index in [1.807, 2.05) is 36.4 Å². The van der Waals surface area contributed by atoms with Gasteiger partial charge in [-0.2, -0.15) is 0 Å². The lowest BCUT2D eigenvalue weighted by atomic mass is 10.1. The highest BCUT2D eigenvalue weighted by Crippen LogP contribution is 2.39. The topological polar surface area (TPSA) is 42.0 Å². The molecule has 2 saturated heterocycles. The Kier molecular flexibility index (Phi) is 6.75. The second-order valence-electron chi connectivity index (χ2n) is 9.25. The van der Waals surface area contributed by atoms with Gasteiger partial charge in [0.1, 0.15) is 11.5 Å². The van der Waals surface area contributed by atoms with Crippen LogP contribution in [0.4, 0.5) is 0 Å². The van der Waals surface area contributed by atoms with Crippen molar-refractivity contribution in [3.63, 3.8) is 0 Å². The first-order valence-electron chi connectivity index (χ1n) is 12.3. The molecule has 170 valence electrons. The summed E-state index contributed by atoms with van der Waals surface area (Å²) in [7, 11) is 0. The number of carbonyl (C=O) groups is 1. The lowest BCUT2D eigenvalue weighted by molar-refractivity contribution is 0.104. The van der Waals surface area contributed by atoms with Gasteiger partial charge in [0.15, 0.2) is 5.78 Å². The molecule has 5 heteroatoms. The van der Waals surface area contributed by atoms with E-state index in [0.717, 1.165) is 59.7 Å². The van der Waals surface area contributed by atoms with Gasteiger partial charge in [-0.25, -0.2) is 0 Å². The first-order valence-corrected chi connectivity index (χ1v) is 12.3. The Bertz CT molecular complexity index is 870. The quantitative estimate of drug-likeness (QED) is 0.435. The largest absolute Gasteiger partial charge is 0.494 e. The molecule has 2 aliphatic heterocycles. The number of rotatable bonds is 10. The van der Waals surface area contributed by atoms with Gasteiger partial charge < -0.3 is 19.3 Å². The number of hydrogen-bond donors (Lipinski definition) is 0. The minimum absolute atomic E-state index is 0.0695. The third kappa shape index (κ3) is 4.84. The van der Waals surface area contributed by atoms with Gasteiger partial charge in [-0.05, 0) is 112 Å². The van der Waals surface area contributed by atoms with Gasteiger partial charge in [-0.15, -0.1) is 0 Å². The molecule has 3 aliphatic rings. The predicted octanol–water partition coefficient (Wildman–Crippen LogP) is 4.63. The molecule has 2 aromatic carbocycles. The molecule has 5 nitrogen and oxygen atoms in total. The summed E-state index contributed by atoms with van der Waals surface area (Å²) < 4.78 is 11.9. The van der Waals surface area contributed by atoms with E-state index in [2.05, 4.69) is 9.80 Å². The van der Waals surface area contributed by atoms with Gasteiger partial charge in [0.2, 0.25) is 0 Å². The smallest absolute Gasteiger partial charge is 0.194 e. The maximum Gasteiger partial charge on any atom is 0.194 e. The van der Waals surface area contributed by atoms with Gasteiger partial charge in [0, 0.05) is 24.2 Å². The number of fused-ring (bicyclic) bond motifs is 3. The fraction of sp³-hybridized carbons (Fsp3) is 0.519. The first kappa shape index (κ1) is 21.5. The Balaban J connectivity index is 1.15. The molecule has 0 saturated carbocycles. The SMILES string of the molecule is O=C1c2cc(OCCCN3CCCC3)ccc2-c2ccc(OCCCN3CCCC3)cc21. The molecule has 0 amide bonds. The molecule has 5 rings (SSSR count). The van der Waals surface area contributed by atoms with Gasteiger partial charge >= 0.3 is 0 Å². The van der Waals surface area contributed by atoms with Crippen molar-refractivity contribution in [1.29, 1.82) is 0 Å². The van der Waals surface area contributed by atoms with Gasteiger partial charge in [-0.1, -0.05) is 0 Å². The molecule has 0 unspecified atom stereocenters. The van der Waals surface area contributed by atoms with Gasteiger partial charge in [0.05, 0.1) is 13.2 Å². The molecular formula is C27H34N2O3. The molecular weight excluding hydrogens is 400 g/mol. The molecule has 0 aromatic heterocycles. The zero-order valence-corrected chi connectivity index (χ0v) is 19.0. The van der Waals surface area contributed by atoms with Crippen molar-refractivity contribution in [2.45, 2.75) is 38.5 Å². The van der Waals surface area contributed by atoms with Crippen LogP contribution in [0.3, 0.4) is 0 Å². The van der Waals surface area contributed by atoms with Crippen molar-refractivity contribution >= 4 is 5.78 Å². The fourth-order valence-corrected chi connectivity index (χ4v) is 5.19.